The van der Waals surface area contributed by atoms with Crippen molar-refractivity contribution in [1.29, 1.82) is 0 Å². The largest absolute Gasteiger partial charge is 0.504 e. The van der Waals surface area contributed by atoms with Crippen molar-refractivity contribution in [2.45, 2.75) is 61.4 Å². The minimum atomic E-state index is -1.75. The molecule has 0 saturated carbocycles. The summed E-state index contributed by atoms with van der Waals surface area (Å²) in [6.07, 6.45) is -14.6. The maximum atomic E-state index is 13.2. The van der Waals surface area contributed by atoms with Crippen LogP contribution in [0.25, 0.3) is 22.1 Å². The molecule has 9 N–H and O–H groups in total. The first-order chi connectivity index (χ1) is 21.0. The Morgan fingerprint density at radius 2 is 1.43 bits per heavy atom. The average Bonchev–Trinajstić information content (AvgIpc) is 3.01. The van der Waals surface area contributed by atoms with Gasteiger partial charge in [-0.1, -0.05) is 12.1 Å². The van der Waals surface area contributed by atoms with Crippen LogP contribution < -0.4 is 14.9 Å². The monoisotopic (exact) mass is 624 g/mol. The van der Waals surface area contributed by atoms with Crippen LogP contribution in [0.1, 0.15) is 0 Å². The Morgan fingerprint density at radius 1 is 0.818 bits per heavy atom. The summed E-state index contributed by atoms with van der Waals surface area (Å²) in [5.41, 5.74) is -0.263. The Morgan fingerprint density at radius 3 is 2.07 bits per heavy atom. The summed E-state index contributed by atoms with van der Waals surface area (Å²) in [6.45, 7) is -1.21. The van der Waals surface area contributed by atoms with E-state index in [2.05, 4.69) is 0 Å². The molecule has 2 aromatic carbocycles. The number of rotatable bonds is 8. The Balaban J connectivity index is 1.29. The van der Waals surface area contributed by atoms with Crippen LogP contribution >= 0.6 is 0 Å². The van der Waals surface area contributed by atoms with E-state index in [0.29, 0.717) is 5.56 Å². The number of fused-ring (bicyclic) bond motifs is 1. The standard InChI is InChI=1S/C28H32O16/c1-39-26-13(30)6-14-17(21(26)34)18(31)12(8-40-14)10-2-4-11(5-3-10)42-28-25(38)23(36)20(33)16(44-28)9-41-27-24(37)22(35)19(32)15(7-29)43-27/h2-6,8,15-16,19-20,22-25,27-30,32-38H,7,9H2,1H3/t15-,16+,19-,20-,22+,23+,24+,25-,27+,28-/m0/s1. The molecule has 44 heavy (non-hydrogen) atoms. The summed E-state index contributed by atoms with van der Waals surface area (Å²) in [5, 5.41) is 90.9. The maximum absolute atomic E-state index is 13.2. The van der Waals surface area contributed by atoms with Gasteiger partial charge in [-0.25, -0.2) is 0 Å². The van der Waals surface area contributed by atoms with E-state index in [-0.39, 0.29) is 28.0 Å². The van der Waals surface area contributed by atoms with Gasteiger partial charge in [0.1, 0.15) is 71.8 Å². The maximum Gasteiger partial charge on any atom is 0.229 e. The van der Waals surface area contributed by atoms with E-state index in [1.165, 1.54) is 31.4 Å². The predicted octanol–water partition coefficient (Wildman–Crippen LogP) is -2.12. The molecule has 0 radical (unpaired) electrons. The highest BCUT2D eigenvalue weighted by Gasteiger charge is 2.47. The molecule has 16 heteroatoms. The zero-order valence-corrected chi connectivity index (χ0v) is 23.0. The number of hydrogen-bond acceptors (Lipinski definition) is 16. The highest BCUT2D eigenvalue weighted by atomic mass is 16.7. The number of aromatic hydroxyl groups is 2. The molecule has 1 aromatic heterocycles. The van der Waals surface area contributed by atoms with Crippen molar-refractivity contribution >= 4 is 11.0 Å². The first-order valence-electron chi connectivity index (χ1n) is 13.4. The van der Waals surface area contributed by atoms with Gasteiger partial charge in [0.05, 0.1) is 25.9 Å². The highest BCUT2D eigenvalue weighted by molar-refractivity contribution is 5.91. The van der Waals surface area contributed by atoms with E-state index in [1.54, 1.807) is 0 Å². The Hall–Kier alpha value is -3.55. The third-order valence-corrected chi connectivity index (χ3v) is 7.54. The highest BCUT2D eigenvalue weighted by Crippen LogP contribution is 2.41. The van der Waals surface area contributed by atoms with Gasteiger partial charge in [-0.15, -0.1) is 0 Å². The molecule has 240 valence electrons. The van der Waals surface area contributed by atoms with Crippen LogP contribution in [0.3, 0.4) is 0 Å². The van der Waals surface area contributed by atoms with Gasteiger partial charge in [0.25, 0.3) is 0 Å². The number of aliphatic hydroxyl groups is 7. The number of phenolic OH excluding ortho intramolecular Hbond substituents is 2. The van der Waals surface area contributed by atoms with E-state index < -0.39 is 91.6 Å². The molecule has 16 nitrogen and oxygen atoms in total. The zero-order chi connectivity index (χ0) is 31.9. The summed E-state index contributed by atoms with van der Waals surface area (Å²) >= 11 is 0. The summed E-state index contributed by atoms with van der Waals surface area (Å²) in [4.78, 5) is 13.2. The van der Waals surface area contributed by atoms with Gasteiger partial charge in [-0.05, 0) is 17.7 Å². The van der Waals surface area contributed by atoms with Gasteiger partial charge in [-0.2, -0.15) is 0 Å². The van der Waals surface area contributed by atoms with E-state index in [4.69, 9.17) is 28.1 Å². The fourth-order valence-corrected chi connectivity index (χ4v) is 5.03. The van der Waals surface area contributed by atoms with Gasteiger partial charge in [-0.3, -0.25) is 4.79 Å². The van der Waals surface area contributed by atoms with Crippen LogP contribution in [0.15, 0.2) is 45.8 Å². The lowest BCUT2D eigenvalue weighted by Crippen LogP contribution is -2.62. The van der Waals surface area contributed by atoms with Crippen molar-refractivity contribution in [2.75, 3.05) is 20.3 Å². The minimum Gasteiger partial charge on any atom is -0.504 e. The summed E-state index contributed by atoms with van der Waals surface area (Å²) < 4.78 is 32.4. The van der Waals surface area contributed by atoms with Crippen LogP contribution in [-0.4, -0.2) is 128 Å². The molecular formula is C28H32O16. The van der Waals surface area contributed by atoms with E-state index >= 15 is 0 Å². The molecule has 2 saturated heterocycles. The quantitative estimate of drug-likeness (QED) is 0.130. The second kappa shape index (κ2) is 12.8. The van der Waals surface area contributed by atoms with Crippen LogP contribution in [-0.2, 0) is 14.2 Å². The molecule has 3 heterocycles. The molecule has 0 unspecified atom stereocenters. The lowest BCUT2D eigenvalue weighted by molar-refractivity contribution is -0.323. The topological polar surface area (TPSA) is 258 Å². The van der Waals surface area contributed by atoms with E-state index in [9.17, 15) is 50.8 Å². The molecule has 0 amide bonds. The SMILES string of the molecule is COc1c(O)cc2occ(-c3ccc(O[C@H]4O[C@H](CO[C@@H]5O[C@@H](CO)[C@H](O)[C@@H](O)[C@H]5O)[C@H](O)[C@@H](O)[C@@H]4O)cc3)c(=O)c2c1O. The summed E-state index contributed by atoms with van der Waals surface area (Å²) in [6, 6.07) is 6.93. The summed E-state index contributed by atoms with van der Waals surface area (Å²) in [5.74, 6) is -1.18. The lowest BCUT2D eigenvalue weighted by Gasteiger charge is -2.42. The molecule has 2 aliphatic rings. The van der Waals surface area contributed by atoms with Crippen molar-refractivity contribution in [3.8, 4) is 34.1 Å². The van der Waals surface area contributed by atoms with Gasteiger partial charge < -0.3 is 74.1 Å². The molecule has 0 bridgehead atoms. The first-order valence-corrected chi connectivity index (χ1v) is 13.4. The zero-order valence-electron chi connectivity index (χ0n) is 23.0. The Kier molecular flexibility index (Phi) is 9.28. The second-order valence-corrected chi connectivity index (χ2v) is 10.3. The van der Waals surface area contributed by atoms with Gasteiger partial charge >= 0.3 is 0 Å². The van der Waals surface area contributed by atoms with Crippen LogP contribution in [0.2, 0.25) is 0 Å². The molecular weight excluding hydrogens is 592 g/mol. The Bertz CT molecular complexity index is 1510. The minimum absolute atomic E-state index is 0.0602. The van der Waals surface area contributed by atoms with Crippen LogP contribution in [0.5, 0.6) is 23.0 Å². The molecule has 2 aliphatic heterocycles. The smallest absolute Gasteiger partial charge is 0.229 e. The van der Waals surface area contributed by atoms with Gasteiger partial charge in [0.15, 0.2) is 17.8 Å². The number of benzene rings is 2. The van der Waals surface area contributed by atoms with Crippen molar-refractivity contribution in [1.82, 2.24) is 0 Å². The van der Waals surface area contributed by atoms with Crippen LogP contribution in [0.4, 0.5) is 0 Å². The fraction of sp³-hybridized carbons (Fsp3) is 0.464. The number of phenols is 2. The normalized spacial score (nSPS) is 32.5. The van der Waals surface area contributed by atoms with Crippen molar-refractivity contribution in [2.24, 2.45) is 0 Å². The molecule has 5 rings (SSSR count). The average molecular weight is 625 g/mol. The first kappa shape index (κ1) is 31.9. The number of ether oxygens (including phenoxy) is 5. The van der Waals surface area contributed by atoms with E-state index in [0.717, 1.165) is 12.3 Å². The van der Waals surface area contributed by atoms with Crippen molar-refractivity contribution in [3.63, 3.8) is 0 Å². The Labute approximate surface area is 248 Å². The van der Waals surface area contributed by atoms with Gasteiger partial charge in [0, 0.05) is 6.07 Å². The third kappa shape index (κ3) is 5.80. The summed E-state index contributed by atoms with van der Waals surface area (Å²) in [7, 11) is 1.22. The van der Waals surface area contributed by atoms with Crippen molar-refractivity contribution < 1.29 is 74.1 Å². The molecule has 10 atom stereocenters. The molecule has 2 fully saturated rings. The lowest BCUT2D eigenvalue weighted by atomic mass is 9.98. The van der Waals surface area contributed by atoms with Gasteiger partial charge in [0.2, 0.25) is 17.5 Å². The van der Waals surface area contributed by atoms with E-state index in [1.807, 2.05) is 0 Å². The van der Waals surface area contributed by atoms with Crippen molar-refractivity contribution in [3.05, 3.63) is 46.8 Å². The number of hydrogen-bond donors (Lipinski definition) is 9. The molecule has 3 aromatic rings. The second-order valence-electron chi connectivity index (χ2n) is 10.3. The predicted molar refractivity (Wildman–Crippen MR) is 145 cm³/mol. The molecule has 0 aliphatic carbocycles. The van der Waals surface area contributed by atoms with Crippen LogP contribution in [0, 0.1) is 0 Å². The molecule has 0 spiro atoms. The fourth-order valence-electron chi connectivity index (χ4n) is 5.03. The number of aliphatic hydroxyl groups excluding tert-OH is 7. The number of methoxy groups -OCH3 is 1. The third-order valence-electron chi connectivity index (χ3n) is 7.54.